The van der Waals surface area contributed by atoms with Gasteiger partial charge in [0.15, 0.2) is 14.6 Å². The number of hydrogen-bond acceptors (Lipinski definition) is 5. The van der Waals surface area contributed by atoms with Crippen molar-refractivity contribution in [2.45, 2.75) is 47.9 Å². The third-order valence-electron chi connectivity index (χ3n) is 6.56. The molecule has 1 aliphatic rings. The van der Waals surface area contributed by atoms with Crippen LogP contribution in [0.2, 0.25) is 0 Å². The largest absolute Gasteiger partial charge is 0.480 e. The summed E-state index contributed by atoms with van der Waals surface area (Å²) in [7, 11) is -2.57. The molecule has 1 fully saturated rings. The van der Waals surface area contributed by atoms with E-state index in [1.165, 1.54) is 12.1 Å². The van der Waals surface area contributed by atoms with Crippen molar-refractivity contribution in [2.75, 3.05) is 33.4 Å². The first-order valence-electron chi connectivity index (χ1n) is 11.4. The molecule has 0 aliphatic carbocycles. The van der Waals surface area contributed by atoms with E-state index in [0.717, 1.165) is 16.7 Å². The van der Waals surface area contributed by atoms with Crippen LogP contribution in [0.15, 0.2) is 53.4 Å². The van der Waals surface area contributed by atoms with Crippen LogP contribution in [0.25, 0.3) is 11.1 Å². The first-order valence-corrected chi connectivity index (χ1v) is 12.9. The lowest BCUT2D eigenvalue weighted by Gasteiger charge is -2.38. The summed E-state index contributed by atoms with van der Waals surface area (Å²) in [5, 5.41) is 9.93. The van der Waals surface area contributed by atoms with Crippen molar-refractivity contribution < 1.29 is 36.2 Å². The van der Waals surface area contributed by atoms with Crippen LogP contribution in [0.5, 0.6) is 0 Å². The Balaban J connectivity index is 1.73. The maximum atomic E-state index is 13.4. The molecular weight excluding hydrogens is 483 g/mol. The summed E-state index contributed by atoms with van der Waals surface area (Å²) < 4.78 is 67.0. The van der Waals surface area contributed by atoms with Gasteiger partial charge in [-0.15, -0.1) is 0 Å². The SMILES string of the molecule is COCCN1CCC(C(=O)O)(S(=O)(=O)c2ccc(-c3ccc(CCCC(F)(F)F)cc3)cc2)CC1. The Kier molecular flexibility index (Phi) is 8.61. The molecule has 2 aromatic rings. The fourth-order valence-corrected chi connectivity index (χ4v) is 6.26. The highest BCUT2D eigenvalue weighted by molar-refractivity contribution is 7.93. The Labute approximate surface area is 203 Å². The average Bonchev–Trinajstić information content (AvgIpc) is 2.82. The molecule has 0 saturated carbocycles. The maximum Gasteiger partial charge on any atom is 0.389 e. The van der Waals surface area contributed by atoms with Crippen LogP contribution < -0.4 is 0 Å². The second-order valence-electron chi connectivity index (χ2n) is 8.83. The number of carbonyl (C=O) groups is 1. The molecule has 1 heterocycles. The van der Waals surface area contributed by atoms with Gasteiger partial charge in [0, 0.05) is 33.2 Å². The van der Waals surface area contributed by atoms with E-state index in [-0.39, 0.29) is 24.2 Å². The number of rotatable bonds is 10. The Morgan fingerprint density at radius 2 is 1.57 bits per heavy atom. The van der Waals surface area contributed by atoms with Crippen molar-refractivity contribution in [3.63, 3.8) is 0 Å². The third-order valence-corrected chi connectivity index (χ3v) is 9.06. The number of likely N-dealkylation sites (tertiary alicyclic amines) is 1. The van der Waals surface area contributed by atoms with E-state index in [4.69, 9.17) is 4.74 Å². The molecule has 0 amide bonds. The van der Waals surface area contributed by atoms with Crippen molar-refractivity contribution in [2.24, 2.45) is 0 Å². The van der Waals surface area contributed by atoms with Gasteiger partial charge in [-0.05, 0) is 54.5 Å². The highest BCUT2D eigenvalue weighted by Crippen LogP contribution is 2.36. The Bertz CT molecular complexity index is 1090. The summed E-state index contributed by atoms with van der Waals surface area (Å²) in [6.45, 7) is 1.80. The first kappa shape index (κ1) is 27.2. The Morgan fingerprint density at radius 3 is 2.06 bits per heavy atom. The minimum Gasteiger partial charge on any atom is -0.480 e. The molecule has 1 aliphatic heterocycles. The van der Waals surface area contributed by atoms with E-state index in [1.807, 2.05) is 4.90 Å². The van der Waals surface area contributed by atoms with Gasteiger partial charge in [0.2, 0.25) is 0 Å². The highest BCUT2D eigenvalue weighted by Gasteiger charge is 2.53. The monoisotopic (exact) mass is 513 g/mol. The zero-order valence-electron chi connectivity index (χ0n) is 19.6. The molecule has 0 radical (unpaired) electrons. The van der Waals surface area contributed by atoms with Crippen molar-refractivity contribution >= 4 is 15.8 Å². The number of piperidine rings is 1. The van der Waals surface area contributed by atoms with Crippen molar-refractivity contribution in [3.8, 4) is 11.1 Å². The molecule has 0 atom stereocenters. The quantitative estimate of drug-likeness (QED) is 0.501. The number of methoxy groups -OCH3 is 1. The number of nitrogens with zero attached hydrogens (tertiary/aromatic N) is 1. The minimum absolute atomic E-state index is 0.00800. The molecule has 10 heteroatoms. The van der Waals surface area contributed by atoms with Gasteiger partial charge in [0.25, 0.3) is 0 Å². The molecule has 0 bridgehead atoms. The van der Waals surface area contributed by atoms with Crippen LogP contribution in [0.1, 0.15) is 31.2 Å². The summed E-state index contributed by atoms with van der Waals surface area (Å²) >= 11 is 0. The lowest BCUT2D eigenvalue weighted by atomic mass is 9.96. The highest BCUT2D eigenvalue weighted by atomic mass is 32.2. The normalized spacial score (nSPS) is 16.8. The smallest absolute Gasteiger partial charge is 0.389 e. The molecule has 3 rings (SSSR count). The van der Waals surface area contributed by atoms with E-state index in [1.54, 1.807) is 43.5 Å². The zero-order valence-corrected chi connectivity index (χ0v) is 20.4. The number of aliphatic carboxylic acids is 1. The molecule has 0 spiro atoms. The summed E-state index contributed by atoms with van der Waals surface area (Å²) in [5.41, 5.74) is 2.30. The predicted octanol–water partition coefficient (Wildman–Crippen LogP) is 4.58. The van der Waals surface area contributed by atoms with Gasteiger partial charge in [-0.2, -0.15) is 13.2 Å². The van der Waals surface area contributed by atoms with Gasteiger partial charge >= 0.3 is 12.1 Å². The van der Waals surface area contributed by atoms with Crippen LogP contribution in [0.4, 0.5) is 13.2 Å². The molecule has 2 aromatic carbocycles. The van der Waals surface area contributed by atoms with E-state index in [9.17, 15) is 31.5 Å². The van der Waals surface area contributed by atoms with Crippen molar-refractivity contribution in [3.05, 3.63) is 54.1 Å². The number of ether oxygens (including phenoxy) is 1. The second-order valence-corrected chi connectivity index (χ2v) is 11.1. The fraction of sp³-hybridized carbons (Fsp3) is 0.480. The first-order chi connectivity index (χ1) is 16.5. The van der Waals surface area contributed by atoms with Gasteiger partial charge in [-0.1, -0.05) is 36.4 Å². The lowest BCUT2D eigenvalue weighted by Crippen LogP contribution is -2.54. The molecule has 192 valence electrons. The number of halogens is 3. The van der Waals surface area contributed by atoms with Crippen LogP contribution in [-0.4, -0.2) is 68.7 Å². The van der Waals surface area contributed by atoms with Gasteiger partial charge in [0.05, 0.1) is 11.5 Å². The summed E-state index contributed by atoms with van der Waals surface area (Å²) in [6.07, 6.45) is -4.67. The van der Waals surface area contributed by atoms with Gasteiger partial charge in [0.1, 0.15) is 0 Å². The molecular formula is C25H30F3NO5S. The second kappa shape index (κ2) is 11.1. The molecule has 6 nitrogen and oxygen atoms in total. The van der Waals surface area contributed by atoms with E-state index in [2.05, 4.69) is 0 Å². The summed E-state index contributed by atoms with van der Waals surface area (Å²) in [6, 6.07) is 13.2. The van der Waals surface area contributed by atoms with Gasteiger partial charge in [-0.3, -0.25) is 4.79 Å². The number of aryl methyl sites for hydroxylation is 1. The van der Waals surface area contributed by atoms with Crippen molar-refractivity contribution in [1.29, 1.82) is 0 Å². The Morgan fingerprint density at radius 1 is 1.03 bits per heavy atom. The fourth-order valence-electron chi connectivity index (χ4n) is 4.36. The lowest BCUT2D eigenvalue weighted by molar-refractivity contribution is -0.141. The molecule has 1 N–H and O–H groups in total. The standard InChI is InChI=1S/C25H30F3NO5S/c1-34-18-17-29-15-13-24(14-16-29,23(30)31)35(32,33)22-10-8-21(9-11-22)20-6-4-19(5-7-20)3-2-12-25(26,27)28/h4-11H,2-3,12-18H2,1H3,(H,30,31). The minimum atomic E-state index is -4.16. The van der Waals surface area contributed by atoms with Crippen LogP contribution in [0.3, 0.4) is 0 Å². The Hall–Kier alpha value is -2.43. The van der Waals surface area contributed by atoms with E-state index >= 15 is 0 Å². The topological polar surface area (TPSA) is 83.9 Å². The molecule has 1 saturated heterocycles. The molecule has 0 unspecified atom stereocenters. The van der Waals surface area contributed by atoms with E-state index < -0.39 is 33.2 Å². The number of carboxylic acid groups (broad SMARTS) is 1. The third kappa shape index (κ3) is 6.42. The molecule has 0 aromatic heterocycles. The van der Waals surface area contributed by atoms with Gasteiger partial charge in [-0.25, -0.2) is 8.42 Å². The number of carboxylic acids is 1. The summed E-state index contributed by atoms with van der Waals surface area (Å²) in [5.74, 6) is -1.34. The average molecular weight is 514 g/mol. The number of sulfone groups is 1. The van der Waals surface area contributed by atoms with Crippen LogP contribution in [-0.2, 0) is 25.8 Å². The molecule has 35 heavy (non-hydrogen) atoms. The van der Waals surface area contributed by atoms with E-state index in [0.29, 0.717) is 32.7 Å². The number of alkyl halides is 3. The zero-order chi connectivity index (χ0) is 25.7. The maximum absolute atomic E-state index is 13.4. The number of hydrogen-bond donors (Lipinski definition) is 1. The number of benzene rings is 2. The summed E-state index contributed by atoms with van der Waals surface area (Å²) in [4.78, 5) is 14.1. The predicted molar refractivity (Wildman–Crippen MR) is 126 cm³/mol. The van der Waals surface area contributed by atoms with Gasteiger partial charge < -0.3 is 14.7 Å². The van der Waals surface area contributed by atoms with Crippen LogP contribution in [0, 0.1) is 0 Å². The van der Waals surface area contributed by atoms with Crippen molar-refractivity contribution in [1.82, 2.24) is 4.90 Å². The van der Waals surface area contributed by atoms with Crippen LogP contribution >= 0.6 is 0 Å².